The second kappa shape index (κ2) is 8.25. The molecule has 0 aliphatic rings. The van der Waals surface area contributed by atoms with Gasteiger partial charge in [-0.25, -0.2) is 5.48 Å². The third-order valence-electron chi connectivity index (χ3n) is 2.13. The molecule has 1 N–H and O–H groups in total. The Morgan fingerprint density at radius 1 is 1.22 bits per heavy atom. The highest BCUT2D eigenvalue weighted by Gasteiger charge is 2.04. The van der Waals surface area contributed by atoms with E-state index in [1.807, 2.05) is 6.07 Å². The molecule has 0 heterocycles. The number of benzene rings is 1. The van der Waals surface area contributed by atoms with Gasteiger partial charge in [-0.2, -0.15) is 0 Å². The minimum Gasteiger partial charge on any atom is -0.466 e. The van der Waals surface area contributed by atoms with E-state index in [1.54, 1.807) is 31.2 Å². The summed E-state index contributed by atoms with van der Waals surface area (Å²) in [5.74, 6) is -0.553. The van der Waals surface area contributed by atoms with Crippen LogP contribution in [0.3, 0.4) is 0 Å². The SMILES string of the molecule is CCOC(=O)CCCONC(=O)c1ccccc1. The first-order valence-electron chi connectivity index (χ1n) is 5.87. The summed E-state index contributed by atoms with van der Waals surface area (Å²) in [4.78, 5) is 27.5. The predicted octanol–water partition coefficient (Wildman–Crippen LogP) is 1.69. The summed E-state index contributed by atoms with van der Waals surface area (Å²) in [5.41, 5.74) is 2.84. The second-order valence-electron chi connectivity index (χ2n) is 3.55. The number of rotatable bonds is 7. The highest BCUT2D eigenvalue weighted by molar-refractivity contribution is 5.93. The minimum atomic E-state index is -0.299. The molecule has 0 unspecified atom stereocenters. The van der Waals surface area contributed by atoms with Crippen LogP contribution in [0.4, 0.5) is 0 Å². The fourth-order valence-electron chi connectivity index (χ4n) is 1.29. The van der Waals surface area contributed by atoms with Crippen molar-refractivity contribution in [1.29, 1.82) is 0 Å². The predicted molar refractivity (Wildman–Crippen MR) is 65.7 cm³/mol. The van der Waals surface area contributed by atoms with Gasteiger partial charge in [0.2, 0.25) is 0 Å². The van der Waals surface area contributed by atoms with Crippen molar-refractivity contribution < 1.29 is 19.2 Å². The number of ether oxygens (including phenoxy) is 1. The zero-order chi connectivity index (χ0) is 13.2. The van der Waals surface area contributed by atoms with Crippen molar-refractivity contribution in [2.75, 3.05) is 13.2 Å². The van der Waals surface area contributed by atoms with Crippen LogP contribution in [0.2, 0.25) is 0 Å². The maximum absolute atomic E-state index is 11.5. The highest BCUT2D eigenvalue weighted by atomic mass is 16.6. The summed E-state index contributed by atoms with van der Waals surface area (Å²) in [7, 11) is 0. The summed E-state index contributed by atoms with van der Waals surface area (Å²) in [6.07, 6.45) is 0.795. The van der Waals surface area contributed by atoms with E-state index in [4.69, 9.17) is 9.57 Å². The number of esters is 1. The average Bonchev–Trinajstić information content (AvgIpc) is 2.39. The molecule has 18 heavy (non-hydrogen) atoms. The Morgan fingerprint density at radius 2 is 1.94 bits per heavy atom. The molecule has 5 nitrogen and oxygen atoms in total. The van der Waals surface area contributed by atoms with Crippen LogP contribution in [0.5, 0.6) is 0 Å². The highest BCUT2D eigenvalue weighted by Crippen LogP contribution is 1.98. The smallest absolute Gasteiger partial charge is 0.305 e. The van der Waals surface area contributed by atoms with Gasteiger partial charge < -0.3 is 4.74 Å². The van der Waals surface area contributed by atoms with Gasteiger partial charge in [-0.15, -0.1) is 0 Å². The first-order chi connectivity index (χ1) is 8.74. The van der Waals surface area contributed by atoms with Gasteiger partial charge in [-0.3, -0.25) is 14.4 Å². The van der Waals surface area contributed by atoms with Gasteiger partial charge in [0.05, 0.1) is 13.2 Å². The zero-order valence-electron chi connectivity index (χ0n) is 10.3. The van der Waals surface area contributed by atoms with E-state index in [2.05, 4.69) is 5.48 Å². The quantitative estimate of drug-likeness (QED) is 0.455. The minimum absolute atomic E-state index is 0.254. The Hall–Kier alpha value is -1.88. The molecule has 0 bridgehead atoms. The maximum atomic E-state index is 11.5. The van der Waals surface area contributed by atoms with Crippen molar-refractivity contribution in [1.82, 2.24) is 5.48 Å². The molecule has 1 amide bonds. The van der Waals surface area contributed by atoms with Crippen LogP contribution in [0.25, 0.3) is 0 Å². The molecule has 0 saturated heterocycles. The molecule has 0 radical (unpaired) electrons. The number of hydrogen-bond acceptors (Lipinski definition) is 4. The normalized spacial score (nSPS) is 9.83. The Balaban J connectivity index is 2.11. The van der Waals surface area contributed by atoms with Crippen LogP contribution in [-0.4, -0.2) is 25.1 Å². The summed E-state index contributed by atoms with van der Waals surface area (Å²) in [5, 5.41) is 0. The number of amides is 1. The molecule has 0 aliphatic carbocycles. The third kappa shape index (κ3) is 5.45. The van der Waals surface area contributed by atoms with Crippen molar-refractivity contribution in [3.63, 3.8) is 0 Å². The lowest BCUT2D eigenvalue weighted by atomic mass is 10.2. The molecule has 0 saturated carbocycles. The van der Waals surface area contributed by atoms with Gasteiger partial charge in [0.1, 0.15) is 0 Å². The third-order valence-corrected chi connectivity index (χ3v) is 2.13. The van der Waals surface area contributed by atoms with Crippen LogP contribution in [0, 0.1) is 0 Å². The van der Waals surface area contributed by atoms with Crippen molar-refractivity contribution in [3.8, 4) is 0 Å². The number of nitrogens with one attached hydrogen (secondary N) is 1. The largest absolute Gasteiger partial charge is 0.466 e. The molecule has 98 valence electrons. The van der Waals surface area contributed by atoms with Gasteiger partial charge in [0.25, 0.3) is 5.91 Å². The lowest BCUT2D eigenvalue weighted by Gasteiger charge is -2.05. The van der Waals surface area contributed by atoms with Crippen molar-refractivity contribution >= 4 is 11.9 Å². The number of carbonyl (C=O) groups is 2. The molecule has 0 spiro atoms. The van der Waals surface area contributed by atoms with Gasteiger partial charge >= 0.3 is 5.97 Å². The number of carbonyl (C=O) groups excluding carboxylic acids is 2. The van der Waals surface area contributed by atoms with Crippen molar-refractivity contribution in [2.24, 2.45) is 0 Å². The lowest BCUT2D eigenvalue weighted by molar-refractivity contribution is -0.143. The topological polar surface area (TPSA) is 64.6 Å². The molecule has 0 fully saturated rings. The first kappa shape index (κ1) is 14.2. The molecular formula is C13H17NO4. The molecule has 1 aromatic rings. The Labute approximate surface area is 106 Å². The van der Waals surface area contributed by atoms with E-state index in [0.29, 0.717) is 18.6 Å². The monoisotopic (exact) mass is 251 g/mol. The Kier molecular flexibility index (Phi) is 6.50. The summed E-state index contributed by atoms with van der Waals surface area (Å²) in [6.45, 7) is 2.41. The van der Waals surface area contributed by atoms with Crippen molar-refractivity contribution in [2.45, 2.75) is 19.8 Å². The number of hydroxylamine groups is 1. The molecule has 1 aromatic carbocycles. The molecular weight excluding hydrogens is 234 g/mol. The molecule has 0 aromatic heterocycles. The van der Waals surface area contributed by atoms with E-state index in [1.165, 1.54) is 0 Å². The van der Waals surface area contributed by atoms with E-state index < -0.39 is 0 Å². The van der Waals surface area contributed by atoms with Crippen molar-refractivity contribution in [3.05, 3.63) is 35.9 Å². The van der Waals surface area contributed by atoms with Crippen LogP contribution in [0.1, 0.15) is 30.1 Å². The van der Waals surface area contributed by atoms with Gasteiger partial charge in [0, 0.05) is 12.0 Å². The van der Waals surface area contributed by atoms with Crippen LogP contribution in [-0.2, 0) is 14.4 Å². The molecule has 0 aliphatic heterocycles. The lowest BCUT2D eigenvalue weighted by Crippen LogP contribution is -2.24. The summed E-state index contributed by atoms with van der Waals surface area (Å²) < 4.78 is 4.76. The van der Waals surface area contributed by atoms with E-state index >= 15 is 0 Å². The fourth-order valence-corrected chi connectivity index (χ4v) is 1.29. The molecule has 5 heteroatoms. The fraction of sp³-hybridized carbons (Fsp3) is 0.385. The van der Waals surface area contributed by atoms with Crippen LogP contribution < -0.4 is 5.48 Å². The summed E-state index contributed by atoms with van der Waals surface area (Å²) >= 11 is 0. The Morgan fingerprint density at radius 3 is 2.61 bits per heavy atom. The summed E-state index contributed by atoms with van der Waals surface area (Å²) in [6, 6.07) is 8.76. The maximum Gasteiger partial charge on any atom is 0.305 e. The first-order valence-corrected chi connectivity index (χ1v) is 5.87. The standard InChI is InChI=1S/C13H17NO4/c1-2-17-12(15)9-6-10-18-14-13(16)11-7-4-3-5-8-11/h3-5,7-8H,2,6,9-10H2,1H3,(H,14,16). The molecule has 0 atom stereocenters. The molecule has 1 rings (SSSR count). The van der Waals surface area contributed by atoms with E-state index in [-0.39, 0.29) is 24.9 Å². The second-order valence-corrected chi connectivity index (χ2v) is 3.55. The average molecular weight is 251 g/mol. The number of hydrogen-bond donors (Lipinski definition) is 1. The van der Waals surface area contributed by atoms with E-state index in [0.717, 1.165) is 0 Å². The van der Waals surface area contributed by atoms with Crippen LogP contribution >= 0.6 is 0 Å². The van der Waals surface area contributed by atoms with Crippen LogP contribution in [0.15, 0.2) is 30.3 Å². The van der Waals surface area contributed by atoms with Gasteiger partial charge in [-0.05, 0) is 25.5 Å². The zero-order valence-corrected chi connectivity index (χ0v) is 10.3. The van der Waals surface area contributed by atoms with Gasteiger partial charge in [-0.1, -0.05) is 18.2 Å². The van der Waals surface area contributed by atoms with Gasteiger partial charge in [0.15, 0.2) is 0 Å². The Bertz CT molecular complexity index is 378. The van der Waals surface area contributed by atoms with E-state index in [9.17, 15) is 9.59 Å².